The van der Waals surface area contributed by atoms with Crippen molar-refractivity contribution < 1.29 is 4.42 Å². The summed E-state index contributed by atoms with van der Waals surface area (Å²) in [5.41, 5.74) is 5.52. The minimum atomic E-state index is 0.930. The van der Waals surface area contributed by atoms with E-state index in [2.05, 4.69) is 144 Å². The van der Waals surface area contributed by atoms with E-state index in [1.165, 1.54) is 79.7 Å². The van der Waals surface area contributed by atoms with Gasteiger partial charge in [-0.25, -0.2) is 0 Å². The van der Waals surface area contributed by atoms with Crippen molar-refractivity contribution >= 4 is 108 Å². The Balaban J connectivity index is 1.41. The normalized spacial score (nSPS) is 12.4. The summed E-state index contributed by atoms with van der Waals surface area (Å²) in [5.74, 6) is 0. The van der Waals surface area contributed by atoms with E-state index in [0.29, 0.717) is 0 Å². The van der Waals surface area contributed by atoms with Crippen LogP contribution in [0.3, 0.4) is 0 Å². The van der Waals surface area contributed by atoms with Crippen LogP contribution in [0.5, 0.6) is 0 Å². The molecule has 45 heavy (non-hydrogen) atoms. The average molecular weight is 590 g/mol. The third-order valence-corrected chi connectivity index (χ3v) is 10.9. The zero-order chi connectivity index (χ0) is 29.2. The van der Waals surface area contributed by atoms with Crippen LogP contribution in [0.4, 0.5) is 0 Å². The molecule has 0 atom stereocenters. The van der Waals surface area contributed by atoms with Gasteiger partial charge in [-0.2, -0.15) is 0 Å². The van der Waals surface area contributed by atoms with Gasteiger partial charge in [0, 0.05) is 42.7 Å². The van der Waals surface area contributed by atoms with Crippen molar-refractivity contribution in [3.05, 3.63) is 140 Å². The summed E-state index contributed by atoms with van der Waals surface area (Å²) in [6, 6.07) is 50.8. The molecule has 0 fully saturated rings. The van der Waals surface area contributed by atoms with Gasteiger partial charge in [-0.1, -0.05) is 109 Å². The monoisotopic (exact) mass is 589 g/mol. The number of hydrogen-bond acceptors (Lipinski definition) is 2. The first kappa shape index (κ1) is 23.8. The molecular weight excluding hydrogens is 567 g/mol. The highest BCUT2D eigenvalue weighted by molar-refractivity contribution is 7.26. The molecule has 3 aromatic heterocycles. The highest BCUT2D eigenvalue weighted by Crippen LogP contribution is 2.50. The van der Waals surface area contributed by atoms with E-state index in [9.17, 15) is 0 Å². The van der Waals surface area contributed by atoms with Crippen molar-refractivity contribution in [3.8, 4) is 5.69 Å². The lowest BCUT2D eigenvalue weighted by Gasteiger charge is -2.14. The van der Waals surface area contributed by atoms with Gasteiger partial charge < -0.3 is 8.98 Å². The number of hydrogen-bond donors (Lipinski definition) is 0. The zero-order valence-corrected chi connectivity index (χ0v) is 24.9. The first-order valence-corrected chi connectivity index (χ1v) is 16.2. The Labute approximate surface area is 260 Å². The van der Waals surface area contributed by atoms with Gasteiger partial charge in [-0.3, -0.25) is 0 Å². The molecule has 0 bridgehead atoms. The summed E-state index contributed by atoms with van der Waals surface area (Å²) in [4.78, 5) is 0. The van der Waals surface area contributed by atoms with E-state index in [1.807, 2.05) is 11.3 Å². The Morgan fingerprint density at radius 1 is 0.444 bits per heavy atom. The van der Waals surface area contributed by atoms with E-state index in [0.717, 1.165) is 22.2 Å². The standard InChI is InChI=1S/C42H23NOS/c1-2-13-27-25(11-1)26-12-3-4-14-28(26)33-23-24(21-22-29(27)33)43-34-18-8-5-15-30(34)37-38-31-16-6-9-19-35(31)44-41(38)42-39(40(37)43)32-17-7-10-20-36(32)45-42/h1-23H. The van der Waals surface area contributed by atoms with Gasteiger partial charge in [-0.15, -0.1) is 11.3 Å². The quantitative estimate of drug-likeness (QED) is 0.174. The molecule has 0 spiro atoms. The van der Waals surface area contributed by atoms with Gasteiger partial charge in [0.25, 0.3) is 0 Å². The van der Waals surface area contributed by atoms with Gasteiger partial charge >= 0.3 is 0 Å². The lowest BCUT2D eigenvalue weighted by molar-refractivity contribution is 0.673. The van der Waals surface area contributed by atoms with Crippen LogP contribution in [0.1, 0.15) is 0 Å². The first-order valence-electron chi connectivity index (χ1n) is 15.4. The summed E-state index contributed by atoms with van der Waals surface area (Å²) in [5, 5.41) is 15.1. The molecule has 0 aliphatic carbocycles. The number of benzene rings is 8. The zero-order valence-electron chi connectivity index (χ0n) is 24.0. The summed E-state index contributed by atoms with van der Waals surface area (Å²) < 4.78 is 11.7. The lowest BCUT2D eigenvalue weighted by Crippen LogP contribution is -1.95. The Bertz CT molecular complexity index is 3010. The molecule has 0 amide bonds. The molecule has 3 heteroatoms. The minimum absolute atomic E-state index is 0.930. The number of nitrogens with zero attached hydrogens (tertiary/aromatic N) is 1. The molecule has 0 aliphatic heterocycles. The number of thiophene rings is 1. The number of fused-ring (bicyclic) bond motifs is 18. The second-order valence-electron chi connectivity index (χ2n) is 12.0. The number of rotatable bonds is 1. The summed E-state index contributed by atoms with van der Waals surface area (Å²) >= 11 is 1.83. The summed E-state index contributed by atoms with van der Waals surface area (Å²) in [7, 11) is 0. The van der Waals surface area contributed by atoms with Gasteiger partial charge in [-0.05, 0) is 62.6 Å². The smallest absolute Gasteiger partial charge is 0.154 e. The second kappa shape index (κ2) is 8.50. The lowest BCUT2D eigenvalue weighted by atomic mass is 9.94. The minimum Gasteiger partial charge on any atom is -0.455 e. The molecule has 2 nitrogen and oxygen atoms in total. The molecule has 208 valence electrons. The Kier molecular flexibility index (Phi) is 4.49. The van der Waals surface area contributed by atoms with E-state index in [1.54, 1.807) is 0 Å². The molecule has 0 saturated carbocycles. The van der Waals surface area contributed by atoms with Crippen molar-refractivity contribution in [1.82, 2.24) is 4.57 Å². The predicted octanol–water partition coefficient (Wildman–Crippen LogP) is 12.5. The number of para-hydroxylation sites is 2. The van der Waals surface area contributed by atoms with Gasteiger partial charge in [0.2, 0.25) is 0 Å². The van der Waals surface area contributed by atoms with Crippen LogP contribution >= 0.6 is 11.3 Å². The van der Waals surface area contributed by atoms with Crippen LogP contribution in [-0.2, 0) is 0 Å². The van der Waals surface area contributed by atoms with Crippen LogP contribution in [0.25, 0.3) is 102 Å². The molecule has 0 aliphatic rings. The molecule has 0 N–H and O–H groups in total. The Morgan fingerprint density at radius 3 is 1.78 bits per heavy atom. The van der Waals surface area contributed by atoms with E-state index in [4.69, 9.17) is 4.42 Å². The molecule has 3 heterocycles. The van der Waals surface area contributed by atoms with Crippen molar-refractivity contribution in [2.75, 3.05) is 0 Å². The van der Waals surface area contributed by atoms with Gasteiger partial charge in [0.05, 0.1) is 15.7 Å². The molecule has 0 saturated heterocycles. The Hall–Kier alpha value is -5.64. The second-order valence-corrected chi connectivity index (χ2v) is 13.1. The number of aromatic nitrogens is 1. The molecular formula is C42H23NOS. The van der Waals surface area contributed by atoms with Crippen LogP contribution in [0.2, 0.25) is 0 Å². The maximum Gasteiger partial charge on any atom is 0.154 e. The summed E-state index contributed by atoms with van der Waals surface area (Å²) in [6.07, 6.45) is 0. The molecule has 11 aromatic rings. The van der Waals surface area contributed by atoms with E-state index < -0.39 is 0 Å². The fourth-order valence-corrected chi connectivity index (χ4v) is 9.12. The van der Waals surface area contributed by atoms with Crippen LogP contribution in [0, 0.1) is 0 Å². The van der Waals surface area contributed by atoms with Gasteiger partial charge in [0.1, 0.15) is 5.58 Å². The molecule has 0 unspecified atom stereocenters. The van der Waals surface area contributed by atoms with Crippen molar-refractivity contribution in [2.45, 2.75) is 0 Å². The maximum absolute atomic E-state index is 6.72. The third kappa shape index (κ3) is 2.98. The van der Waals surface area contributed by atoms with Crippen molar-refractivity contribution in [3.63, 3.8) is 0 Å². The fourth-order valence-electron chi connectivity index (χ4n) is 7.93. The van der Waals surface area contributed by atoms with E-state index in [-0.39, 0.29) is 0 Å². The first-order chi connectivity index (χ1) is 22.3. The Morgan fingerprint density at radius 2 is 1.02 bits per heavy atom. The maximum atomic E-state index is 6.72. The SMILES string of the molecule is c1ccc2c(c1)oc1c3sc4ccccc4c3c3c(c4ccccc4n3-c3ccc4c5ccccc5c5ccccc5c4c3)c21. The third-order valence-electron chi connectivity index (χ3n) is 9.74. The molecule has 8 aromatic carbocycles. The highest BCUT2D eigenvalue weighted by Gasteiger charge is 2.25. The van der Waals surface area contributed by atoms with Crippen LogP contribution in [0.15, 0.2) is 144 Å². The predicted molar refractivity (Wildman–Crippen MR) is 193 cm³/mol. The topological polar surface area (TPSA) is 18.1 Å². The number of furan rings is 1. The van der Waals surface area contributed by atoms with Crippen molar-refractivity contribution in [1.29, 1.82) is 0 Å². The van der Waals surface area contributed by atoms with Gasteiger partial charge in [0.15, 0.2) is 5.58 Å². The fraction of sp³-hybridized carbons (Fsp3) is 0. The molecule has 11 rings (SSSR count). The average Bonchev–Trinajstić information content (AvgIpc) is 3.78. The van der Waals surface area contributed by atoms with E-state index >= 15 is 0 Å². The largest absolute Gasteiger partial charge is 0.455 e. The van der Waals surface area contributed by atoms with Crippen molar-refractivity contribution in [2.24, 2.45) is 0 Å². The highest BCUT2D eigenvalue weighted by atomic mass is 32.1. The molecule has 0 radical (unpaired) electrons. The van der Waals surface area contributed by atoms with Crippen LogP contribution in [-0.4, -0.2) is 4.57 Å². The van der Waals surface area contributed by atoms with Crippen LogP contribution < -0.4 is 0 Å². The summed E-state index contributed by atoms with van der Waals surface area (Å²) in [6.45, 7) is 0.